The molecule has 2 amide bonds. The van der Waals surface area contributed by atoms with Crippen molar-refractivity contribution in [3.63, 3.8) is 0 Å². The lowest BCUT2D eigenvalue weighted by Gasteiger charge is -2.39. The van der Waals surface area contributed by atoms with Crippen molar-refractivity contribution >= 4 is 31.1 Å². The number of rotatable bonds is 7. The standard InChI is InChI=1S/C22H37N5O2Si/c1-16-7-9-22(2,3)13-18(16)25-21(28)26-19-14-23-20-17(24-19)8-10-27(20)15-29-11-12-30(4,5)6/h8,10,14,16,18H,7,9,11-13,15H2,1-6H3,(H2,24,25,26,28)/t16-,18+/m0/s1. The van der Waals surface area contributed by atoms with Crippen LogP contribution in [0.25, 0.3) is 11.2 Å². The maximum Gasteiger partial charge on any atom is 0.320 e. The summed E-state index contributed by atoms with van der Waals surface area (Å²) < 4.78 is 7.77. The number of aromatic nitrogens is 3. The Balaban J connectivity index is 1.56. The normalized spacial score (nSPS) is 21.5. The molecule has 3 rings (SSSR count). The second-order valence-corrected chi connectivity index (χ2v) is 16.3. The van der Waals surface area contributed by atoms with E-state index in [0.717, 1.165) is 36.7 Å². The second kappa shape index (κ2) is 9.06. The summed E-state index contributed by atoms with van der Waals surface area (Å²) in [6, 6.07) is 3.00. The van der Waals surface area contributed by atoms with E-state index >= 15 is 0 Å². The molecule has 2 N–H and O–H groups in total. The number of amides is 2. The molecule has 2 aromatic heterocycles. The predicted molar refractivity (Wildman–Crippen MR) is 124 cm³/mol. The Morgan fingerprint density at radius 1 is 1.37 bits per heavy atom. The third kappa shape index (κ3) is 6.28. The van der Waals surface area contributed by atoms with Crippen molar-refractivity contribution in [2.75, 3.05) is 11.9 Å². The molecule has 1 saturated carbocycles. The van der Waals surface area contributed by atoms with Gasteiger partial charge in [-0.25, -0.2) is 14.8 Å². The number of ether oxygens (including phenoxy) is 1. The Morgan fingerprint density at radius 3 is 2.87 bits per heavy atom. The summed E-state index contributed by atoms with van der Waals surface area (Å²) in [7, 11) is -1.09. The molecule has 0 aromatic carbocycles. The fourth-order valence-electron chi connectivity index (χ4n) is 3.90. The van der Waals surface area contributed by atoms with Gasteiger partial charge in [-0.05, 0) is 42.7 Å². The first-order valence-corrected chi connectivity index (χ1v) is 14.7. The van der Waals surface area contributed by atoms with Gasteiger partial charge in [0.2, 0.25) is 0 Å². The van der Waals surface area contributed by atoms with E-state index in [-0.39, 0.29) is 17.5 Å². The van der Waals surface area contributed by atoms with E-state index in [1.165, 1.54) is 6.42 Å². The first-order valence-electron chi connectivity index (χ1n) is 11.0. The van der Waals surface area contributed by atoms with E-state index in [9.17, 15) is 4.79 Å². The summed E-state index contributed by atoms with van der Waals surface area (Å²) in [4.78, 5) is 21.6. The number of nitrogens with zero attached hydrogens (tertiary/aromatic N) is 3. The van der Waals surface area contributed by atoms with E-state index in [4.69, 9.17) is 4.74 Å². The lowest BCUT2D eigenvalue weighted by atomic mass is 9.71. The summed E-state index contributed by atoms with van der Waals surface area (Å²) in [5, 5.41) is 5.98. The van der Waals surface area contributed by atoms with Crippen LogP contribution in [-0.2, 0) is 11.5 Å². The summed E-state index contributed by atoms with van der Waals surface area (Å²) in [6.45, 7) is 15.0. The predicted octanol–water partition coefficient (Wildman–Crippen LogP) is 5.08. The van der Waals surface area contributed by atoms with Crippen LogP contribution in [0.2, 0.25) is 25.7 Å². The Bertz CT molecular complexity index is 874. The smallest absolute Gasteiger partial charge is 0.320 e. The number of anilines is 1. The molecule has 0 saturated heterocycles. The molecule has 1 aliphatic rings. The summed E-state index contributed by atoms with van der Waals surface area (Å²) in [5.74, 6) is 0.937. The van der Waals surface area contributed by atoms with E-state index in [1.807, 2.05) is 16.8 Å². The Hall–Kier alpha value is -1.93. The largest absolute Gasteiger partial charge is 0.361 e. The van der Waals surface area contributed by atoms with E-state index in [0.29, 0.717) is 18.5 Å². The summed E-state index contributed by atoms with van der Waals surface area (Å²) in [6.07, 6.45) is 6.86. The maximum absolute atomic E-state index is 12.5. The number of hydrogen-bond acceptors (Lipinski definition) is 4. The minimum absolute atomic E-state index is 0.180. The lowest BCUT2D eigenvalue weighted by Crippen LogP contribution is -2.46. The number of urea groups is 1. The molecule has 0 aliphatic heterocycles. The first kappa shape index (κ1) is 22.7. The van der Waals surface area contributed by atoms with Crippen LogP contribution < -0.4 is 10.6 Å². The van der Waals surface area contributed by atoms with Crippen molar-refractivity contribution in [1.82, 2.24) is 19.9 Å². The van der Waals surface area contributed by atoms with E-state index in [2.05, 4.69) is 61.0 Å². The number of hydrogen-bond donors (Lipinski definition) is 2. The highest BCUT2D eigenvalue weighted by atomic mass is 28.3. The minimum atomic E-state index is -1.09. The molecule has 0 spiro atoms. The van der Waals surface area contributed by atoms with E-state index in [1.54, 1.807) is 6.20 Å². The van der Waals surface area contributed by atoms with Crippen LogP contribution in [0.1, 0.15) is 40.0 Å². The van der Waals surface area contributed by atoms with Gasteiger partial charge in [0.25, 0.3) is 0 Å². The van der Waals surface area contributed by atoms with Gasteiger partial charge in [0.1, 0.15) is 12.2 Å². The molecule has 0 bridgehead atoms. The SMILES string of the molecule is C[C@H]1CCC(C)(C)C[C@H]1NC(=O)Nc1cnc2c(ccn2COCC[Si](C)(C)C)n1. The molecule has 2 atom stereocenters. The van der Waals surface area contributed by atoms with Crippen molar-refractivity contribution < 1.29 is 9.53 Å². The zero-order valence-electron chi connectivity index (χ0n) is 19.3. The van der Waals surface area contributed by atoms with Gasteiger partial charge in [0.05, 0.1) is 6.20 Å². The van der Waals surface area contributed by atoms with Gasteiger partial charge in [-0.3, -0.25) is 5.32 Å². The van der Waals surface area contributed by atoms with Gasteiger partial charge < -0.3 is 14.6 Å². The van der Waals surface area contributed by atoms with Gasteiger partial charge in [-0.1, -0.05) is 40.4 Å². The summed E-state index contributed by atoms with van der Waals surface area (Å²) >= 11 is 0. The van der Waals surface area contributed by atoms with Gasteiger partial charge in [0, 0.05) is 26.9 Å². The van der Waals surface area contributed by atoms with Crippen molar-refractivity contribution in [2.24, 2.45) is 11.3 Å². The quantitative estimate of drug-likeness (QED) is 0.473. The average molecular weight is 432 g/mol. The van der Waals surface area contributed by atoms with E-state index < -0.39 is 8.07 Å². The molecule has 2 aromatic rings. The van der Waals surface area contributed by atoms with Gasteiger partial charge in [-0.15, -0.1) is 0 Å². The highest BCUT2D eigenvalue weighted by molar-refractivity contribution is 6.76. The molecule has 1 fully saturated rings. The molecule has 0 radical (unpaired) electrons. The molecular weight excluding hydrogens is 394 g/mol. The number of carbonyl (C=O) groups is 1. The van der Waals surface area contributed by atoms with Crippen LogP contribution in [0.4, 0.5) is 10.6 Å². The molecule has 1 aliphatic carbocycles. The Morgan fingerprint density at radius 2 is 2.13 bits per heavy atom. The fraction of sp³-hybridized carbons (Fsp3) is 0.682. The van der Waals surface area contributed by atoms with Crippen LogP contribution in [0.3, 0.4) is 0 Å². The molecule has 0 unspecified atom stereocenters. The van der Waals surface area contributed by atoms with Crippen LogP contribution in [0.5, 0.6) is 0 Å². The molecule has 2 heterocycles. The maximum atomic E-state index is 12.5. The molecule has 30 heavy (non-hydrogen) atoms. The third-order valence-electron chi connectivity index (χ3n) is 5.98. The highest BCUT2D eigenvalue weighted by Crippen LogP contribution is 2.38. The molecule has 7 nitrogen and oxygen atoms in total. The van der Waals surface area contributed by atoms with Crippen molar-refractivity contribution in [1.29, 1.82) is 0 Å². The Kier molecular flexibility index (Phi) is 6.87. The number of fused-ring (bicyclic) bond motifs is 1. The zero-order chi connectivity index (χ0) is 21.9. The van der Waals surface area contributed by atoms with Gasteiger partial charge in [0.15, 0.2) is 11.5 Å². The molecule has 8 heteroatoms. The second-order valence-electron chi connectivity index (χ2n) is 10.7. The zero-order valence-corrected chi connectivity index (χ0v) is 20.3. The average Bonchev–Trinajstić information content (AvgIpc) is 3.03. The van der Waals surface area contributed by atoms with Crippen molar-refractivity contribution in [2.45, 2.75) is 78.5 Å². The van der Waals surface area contributed by atoms with Crippen LogP contribution >= 0.6 is 0 Å². The molecular formula is C22H37N5O2Si. The van der Waals surface area contributed by atoms with Gasteiger partial charge >= 0.3 is 6.03 Å². The van der Waals surface area contributed by atoms with Crippen molar-refractivity contribution in [3.8, 4) is 0 Å². The van der Waals surface area contributed by atoms with Crippen LogP contribution in [-0.4, -0.2) is 41.3 Å². The molecule has 166 valence electrons. The van der Waals surface area contributed by atoms with Crippen LogP contribution in [0, 0.1) is 11.3 Å². The monoisotopic (exact) mass is 431 g/mol. The number of nitrogens with one attached hydrogen (secondary N) is 2. The topological polar surface area (TPSA) is 81.1 Å². The first-order chi connectivity index (χ1) is 14.0. The summed E-state index contributed by atoms with van der Waals surface area (Å²) in [5.41, 5.74) is 1.77. The fourth-order valence-corrected chi connectivity index (χ4v) is 4.66. The van der Waals surface area contributed by atoms with Gasteiger partial charge in [-0.2, -0.15) is 0 Å². The highest BCUT2D eigenvalue weighted by Gasteiger charge is 2.33. The number of carbonyl (C=O) groups excluding carboxylic acids is 1. The van der Waals surface area contributed by atoms with Crippen molar-refractivity contribution in [3.05, 3.63) is 18.5 Å². The minimum Gasteiger partial charge on any atom is -0.361 e. The third-order valence-corrected chi connectivity index (χ3v) is 7.69. The van der Waals surface area contributed by atoms with Crippen LogP contribution in [0.15, 0.2) is 18.5 Å². The lowest BCUT2D eigenvalue weighted by molar-refractivity contribution is 0.0899. The Labute approximate surface area is 181 Å².